The van der Waals surface area contributed by atoms with E-state index in [-0.39, 0.29) is 0 Å². The Labute approximate surface area is 191 Å². The van der Waals surface area contributed by atoms with Crippen LogP contribution in [-0.2, 0) is 0 Å². The predicted molar refractivity (Wildman–Crippen MR) is 128 cm³/mol. The molecule has 32 heavy (non-hydrogen) atoms. The van der Waals surface area contributed by atoms with Crippen molar-refractivity contribution in [2.24, 2.45) is 0 Å². The summed E-state index contributed by atoms with van der Waals surface area (Å²) in [5.41, 5.74) is 5.30. The molecule has 0 radical (unpaired) electrons. The van der Waals surface area contributed by atoms with E-state index in [1.807, 2.05) is 23.6 Å². The number of rotatable bonds is 5. The van der Waals surface area contributed by atoms with Crippen LogP contribution >= 0.6 is 11.3 Å². The fourth-order valence-electron chi connectivity index (χ4n) is 5.44. The van der Waals surface area contributed by atoms with Crippen LogP contribution in [0.15, 0.2) is 18.6 Å². The van der Waals surface area contributed by atoms with Gasteiger partial charge in [-0.25, -0.2) is 14.5 Å². The second-order valence-electron chi connectivity index (χ2n) is 9.52. The SMILES string of the molecule is COc1cc(-c2[nH]c3sc(C4CCC(N5CCC5)CC4)nc3c2C(C)C)cn2ncnc12. The average molecular weight is 451 g/mol. The summed E-state index contributed by atoms with van der Waals surface area (Å²) in [4.78, 5) is 17.1. The molecule has 0 bridgehead atoms. The third-order valence-corrected chi connectivity index (χ3v) is 8.42. The van der Waals surface area contributed by atoms with Crippen LogP contribution in [-0.4, -0.2) is 55.7 Å². The summed E-state index contributed by atoms with van der Waals surface area (Å²) in [5, 5.41) is 5.64. The number of methoxy groups -OCH3 is 1. The van der Waals surface area contributed by atoms with Gasteiger partial charge in [0.25, 0.3) is 0 Å². The van der Waals surface area contributed by atoms with E-state index in [0.29, 0.717) is 11.8 Å². The number of aromatic amines is 1. The first-order chi connectivity index (χ1) is 15.6. The first-order valence-electron chi connectivity index (χ1n) is 11.8. The number of fused-ring (bicyclic) bond motifs is 2. The topological polar surface area (TPSA) is 71.3 Å². The quantitative estimate of drug-likeness (QED) is 0.453. The van der Waals surface area contributed by atoms with Gasteiger partial charge in [-0.15, -0.1) is 11.3 Å². The standard InChI is InChI=1S/C24H30N6OS/c1-14(2)19-20(16-11-18(31-3)22-25-13-26-30(22)12-16)27-24-21(19)28-23(32-24)15-5-7-17(8-6-15)29-9-4-10-29/h11-15,17,27H,4-10H2,1-3H3. The van der Waals surface area contributed by atoms with E-state index >= 15 is 0 Å². The minimum absolute atomic E-state index is 0.355. The molecule has 2 fully saturated rings. The van der Waals surface area contributed by atoms with Crippen molar-refractivity contribution in [3.8, 4) is 17.0 Å². The summed E-state index contributed by atoms with van der Waals surface area (Å²) >= 11 is 1.85. The Hall–Kier alpha value is -2.45. The molecule has 0 unspecified atom stereocenters. The van der Waals surface area contributed by atoms with Crippen molar-refractivity contribution in [3.05, 3.63) is 29.2 Å². The van der Waals surface area contributed by atoms with E-state index < -0.39 is 0 Å². The molecule has 2 aliphatic rings. The highest BCUT2D eigenvalue weighted by Crippen LogP contribution is 2.43. The molecule has 0 spiro atoms. The number of nitrogens with zero attached hydrogens (tertiary/aromatic N) is 5. The molecule has 1 aliphatic carbocycles. The minimum atomic E-state index is 0.355. The number of thiazole rings is 1. The van der Waals surface area contributed by atoms with E-state index in [9.17, 15) is 0 Å². The fraction of sp³-hybridized carbons (Fsp3) is 0.542. The molecule has 1 saturated heterocycles. The second kappa shape index (κ2) is 7.85. The monoisotopic (exact) mass is 450 g/mol. The first kappa shape index (κ1) is 20.2. The number of pyridine rings is 1. The molecule has 6 rings (SSSR count). The number of H-pyrrole nitrogens is 1. The van der Waals surface area contributed by atoms with Gasteiger partial charge in [-0.2, -0.15) is 5.10 Å². The number of ether oxygens (including phenoxy) is 1. The fourth-order valence-corrected chi connectivity index (χ4v) is 6.60. The van der Waals surface area contributed by atoms with Gasteiger partial charge in [0.2, 0.25) is 0 Å². The number of hydrogen-bond donors (Lipinski definition) is 1. The molecule has 0 atom stereocenters. The summed E-state index contributed by atoms with van der Waals surface area (Å²) in [6.45, 7) is 7.10. The number of nitrogens with one attached hydrogen (secondary N) is 1. The van der Waals surface area contributed by atoms with Gasteiger partial charge < -0.3 is 14.6 Å². The van der Waals surface area contributed by atoms with Crippen molar-refractivity contribution in [2.75, 3.05) is 20.2 Å². The molecule has 168 valence electrons. The highest BCUT2D eigenvalue weighted by molar-refractivity contribution is 7.18. The smallest absolute Gasteiger partial charge is 0.197 e. The predicted octanol–water partition coefficient (Wildman–Crippen LogP) is 5.20. The Balaban J connectivity index is 1.34. The third kappa shape index (κ3) is 3.23. The van der Waals surface area contributed by atoms with Gasteiger partial charge in [-0.05, 0) is 57.2 Å². The molecule has 0 amide bonds. The van der Waals surface area contributed by atoms with E-state index in [4.69, 9.17) is 9.72 Å². The maximum Gasteiger partial charge on any atom is 0.197 e. The normalized spacial score (nSPS) is 22.1. The zero-order valence-electron chi connectivity index (χ0n) is 19.0. The van der Waals surface area contributed by atoms with Crippen molar-refractivity contribution in [2.45, 2.75) is 63.8 Å². The second-order valence-corrected chi connectivity index (χ2v) is 10.5. The zero-order valence-corrected chi connectivity index (χ0v) is 19.8. The van der Waals surface area contributed by atoms with Crippen molar-refractivity contribution in [1.82, 2.24) is 29.5 Å². The molecule has 1 N–H and O–H groups in total. The molecule has 1 saturated carbocycles. The molecular formula is C24H30N6OS. The van der Waals surface area contributed by atoms with Crippen molar-refractivity contribution < 1.29 is 4.74 Å². The van der Waals surface area contributed by atoms with Gasteiger partial charge in [0.15, 0.2) is 11.4 Å². The van der Waals surface area contributed by atoms with Crippen LogP contribution in [0.1, 0.15) is 68.4 Å². The average Bonchev–Trinajstić information content (AvgIpc) is 3.45. The van der Waals surface area contributed by atoms with Crippen LogP contribution in [0.2, 0.25) is 0 Å². The molecule has 0 aromatic carbocycles. The molecule has 5 heterocycles. The molecule has 1 aliphatic heterocycles. The number of likely N-dealkylation sites (tertiary alicyclic amines) is 1. The Bertz CT molecular complexity index is 1260. The van der Waals surface area contributed by atoms with Gasteiger partial charge in [-0.3, -0.25) is 0 Å². The summed E-state index contributed by atoms with van der Waals surface area (Å²) in [6, 6.07) is 2.85. The summed E-state index contributed by atoms with van der Waals surface area (Å²) in [7, 11) is 1.68. The highest BCUT2D eigenvalue weighted by Gasteiger charge is 2.31. The Morgan fingerprint density at radius 2 is 2.00 bits per heavy atom. The molecular weight excluding hydrogens is 420 g/mol. The Kier molecular flexibility index (Phi) is 4.95. The number of hydrogen-bond acceptors (Lipinski definition) is 6. The van der Waals surface area contributed by atoms with E-state index in [1.165, 1.54) is 60.6 Å². The van der Waals surface area contributed by atoms with Gasteiger partial charge in [0.05, 0.1) is 17.8 Å². The van der Waals surface area contributed by atoms with Crippen LogP contribution in [0.25, 0.3) is 27.3 Å². The first-order valence-corrected chi connectivity index (χ1v) is 12.6. The van der Waals surface area contributed by atoms with E-state index in [1.54, 1.807) is 18.0 Å². The Morgan fingerprint density at radius 1 is 1.19 bits per heavy atom. The summed E-state index contributed by atoms with van der Waals surface area (Å²) in [5.74, 6) is 1.68. The van der Waals surface area contributed by atoms with Crippen LogP contribution in [0, 0.1) is 0 Å². The van der Waals surface area contributed by atoms with Gasteiger partial charge >= 0.3 is 0 Å². The summed E-state index contributed by atoms with van der Waals surface area (Å²) in [6.07, 6.45) is 10.1. The zero-order chi connectivity index (χ0) is 21.8. The number of aromatic nitrogens is 5. The van der Waals surface area contributed by atoms with Gasteiger partial charge in [0, 0.05) is 29.3 Å². The van der Waals surface area contributed by atoms with Gasteiger partial charge in [0.1, 0.15) is 16.7 Å². The highest BCUT2D eigenvalue weighted by atomic mass is 32.1. The third-order valence-electron chi connectivity index (χ3n) is 7.29. The molecule has 8 heteroatoms. The lowest BCUT2D eigenvalue weighted by molar-refractivity contribution is 0.0869. The maximum atomic E-state index is 5.59. The van der Waals surface area contributed by atoms with Crippen LogP contribution in [0.3, 0.4) is 0 Å². The van der Waals surface area contributed by atoms with Gasteiger partial charge in [-0.1, -0.05) is 13.8 Å². The molecule has 7 nitrogen and oxygen atoms in total. The minimum Gasteiger partial charge on any atom is -0.493 e. The van der Waals surface area contributed by atoms with Crippen molar-refractivity contribution in [3.63, 3.8) is 0 Å². The summed E-state index contributed by atoms with van der Waals surface area (Å²) < 4.78 is 7.37. The lowest BCUT2D eigenvalue weighted by Gasteiger charge is -2.41. The van der Waals surface area contributed by atoms with Crippen molar-refractivity contribution in [1.29, 1.82) is 0 Å². The lowest BCUT2D eigenvalue weighted by Crippen LogP contribution is -2.46. The van der Waals surface area contributed by atoms with E-state index in [2.05, 4.69) is 33.8 Å². The largest absolute Gasteiger partial charge is 0.493 e. The van der Waals surface area contributed by atoms with Crippen molar-refractivity contribution >= 4 is 27.3 Å². The van der Waals surface area contributed by atoms with E-state index in [0.717, 1.165) is 34.2 Å². The van der Waals surface area contributed by atoms with Crippen LogP contribution in [0.4, 0.5) is 0 Å². The maximum absolute atomic E-state index is 5.59. The lowest BCUT2D eigenvalue weighted by atomic mass is 9.84. The van der Waals surface area contributed by atoms with Crippen LogP contribution in [0.5, 0.6) is 5.75 Å². The Morgan fingerprint density at radius 3 is 2.69 bits per heavy atom. The van der Waals surface area contributed by atoms with Crippen LogP contribution < -0.4 is 4.74 Å². The molecule has 4 aromatic rings. The molecule has 4 aromatic heterocycles.